The molecule has 3 heteroatoms. The molecule has 0 aliphatic carbocycles. The van der Waals surface area contributed by atoms with E-state index in [2.05, 4.69) is 13.8 Å². The first-order valence-corrected chi connectivity index (χ1v) is 19.3. The van der Waals surface area contributed by atoms with E-state index in [0.717, 1.165) is 19.0 Å². The van der Waals surface area contributed by atoms with Gasteiger partial charge in [0.25, 0.3) is 0 Å². The molecule has 1 N–H and O–H groups in total. The molecular formula is C36H74O2S. The normalized spacial score (nSPS) is 12.4. The number of unbranched alkanes of at least 4 members (excludes halogenated alkanes) is 26. The van der Waals surface area contributed by atoms with Crippen LogP contribution in [0.2, 0.25) is 0 Å². The zero-order chi connectivity index (χ0) is 28.3. The number of thioether (sulfide) groups is 1. The van der Waals surface area contributed by atoms with Gasteiger partial charge < -0.3 is 9.84 Å². The predicted octanol–water partition coefficient (Wildman–Crippen LogP) is 12.3. The minimum absolute atomic E-state index is 0.268. The molecule has 0 saturated carbocycles. The van der Waals surface area contributed by atoms with Gasteiger partial charge in [-0.05, 0) is 18.6 Å². The molecule has 0 aliphatic heterocycles. The van der Waals surface area contributed by atoms with Crippen LogP contribution in [0.15, 0.2) is 0 Å². The van der Waals surface area contributed by atoms with Crippen LogP contribution in [0.25, 0.3) is 0 Å². The zero-order valence-corrected chi connectivity index (χ0v) is 28.0. The molecule has 0 aliphatic rings. The minimum Gasteiger partial charge on any atom is -0.396 e. The van der Waals surface area contributed by atoms with E-state index in [9.17, 15) is 5.11 Å². The standard InChI is InChI=1S/C36H74O2S/c1-3-5-7-9-11-13-15-17-19-21-23-25-27-29-31-38-34-36(33-37)35-39-32-30-28-26-24-22-20-18-16-14-12-10-8-6-4-2/h36-37H,3-35H2,1-2H3. The Morgan fingerprint density at radius 2 is 0.795 bits per heavy atom. The zero-order valence-electron chi connectivity index (χ0n) is 27.2. The van der Waals surface area contributed by atoms with E-state index in [1.165, 1.54) is 186 Å². The molecule has 0 heterocycles. The van der Waals surface area contributed by atoms with Gasteiger partial charge in [0.05, 0.1) is 6.61 Å². The molecule has 0 aromatic heterocycles. The van der Waals surface area contributed by atoms with E-state index < -0.39 is 0 Å². The second kappa shape index (κ2) is 36.3. The molecular weight excluding hydrogens is 496 g/mol. The lowest BCUT2D eigenvalue weighted by Gasteiger charge is -2.14. The monoisotopic (exact) mass is 571 g/mol. The molecule has 0 saturated heterocycles. The number of aliphatic hydroxyl groups excluding tert-OH is 1. The Morgan fingerprint density at radius 3 is 1.15 bits per heavy atom. The largest absolute Gasteiger partial charge is 0.396 e. The molecule has 0 spiro atoms. The van der Waals surface area contributed by atoms with Crippen LogP contribution in [0.4, 0.5) is 0 Å². The highest BCUT2D eigenvalue weighted by Gasteiger charge is 2.08. The maximum atomic E-state index is 9.68. The van der Waals surface area contributed by atoms with Crippen LogP contribution in [-0.2, 0) is 4.74 Å². The van der Waals surface area contributed by atoms with Gasteiger partial charge in [-0.3, -0.25) is 0 Å². The third kappa shape index (κ3) is 34.4. The van der Waals surface area contributed by atoms with Crippen molar-refractivity contribution < 1.29 is 9.84 Å². The summed E-state index contributed by atoms with van der Waals surface area (Å²) in [7, 11) is 0. The molecule has 1 unspecified atom stereocenters. The first kappa shape index (κ1) is 39.3. The highest BCUT2D eigenvalue weighted by molar-refractivity contribution is 7.99. The van der Waals surface area contributed by atoms with Gasteiger partial charge in [0.15, 0.2) is 0 Å². The summed E-state index contributed by atoms with van der Waals surface area (Å²) in [5.74, 6) is 2.61. The lowest BCUT2D eigenvalue weighted by Crippen LogP contribution is -2.17. The molecule has 0 aromatic carbocycles. The Kier molecular flexibility index (Phi) is 36.5. The van der Waals surface area contributed by atoms with E-state index in [0.29, 0.717) is 5.92 Å². The van der Waals surface area contributed by atoms with Crippen molar-refractivity contribution in [2.75, 3.05) is 31.3 Å². The fourth-order valence-corrected chi connectivity index (χ4v) is 6.56. The van der Waals surface area contributed by atoms with Crippen LogP contribution in [0.3, 0.4) is 0 Å². The van der Waals surface area contributed by atoms with E-state index in [4.69, 9.17) is 4.74 Å². The summed E-state index contributed by atoms with van der Waals surface area (Å²) in [4.78, 5) is 0. The number of aliphatic hydroxyl groups is 1. The summed E-state index contributed by atoms with van der Waals surface area (Å²) in [6, 6.07) is 0. The lowest BCUT2D eigenvalue weighted by atomic mass is 10.0. The van der Waals surface area contributed by atoms with Crippen molar-refractivity contribution in [3.63, 3.8) is 0 Å². The molecule has 2 nitrogen and oxygen atoms in total. The van der Waals surface area contributed by atoms with Crippen LogP contribution < -0.4 is 0 Å². The SMILES string of the molecule is CCCCCCCCCCCCCCCCOCC(CO)CSCCCCCCCCCCCCCCCC. The second-order valence-corrected chi connectivity index (χ2v) is 13.5. The fourth-order valence-electron chi connectivity index (χ4n) is 5.45. The van der Waals surface area contributed by atoms with Gasteiger partial charge in [0, 0.05) is 24.9 Å². The van der Waals surface area contributed by atoms with Crippen molar-refractivity contribution in [2.45, 2.75) is 194 Å². The first-order chi connectivity index (χ1) is 19.3. The molecule has 0 aromatic rings. The maximum Gasteiger partial charge on any atom is 0.0524 e. The molecule has 0 fully saturated rings. The van der Waals surface area contributed by atoms with Crippen molar-refractivity contribution >= 4 is 11.8 Å². The average Bonchev–Trinajstić information content (AvgIpc) is 2.95. The number of ether oxygens (including phenoxy) is 1. The molecule has 1 atom stereocenters. The van der Waals surface area contributed by atoms with Gasteiger partial charge in [0.2, 0.25) is 0 Å². The molecule has 0 amide bonds. The average molecular weight is 571 g/mol. The van der Waals surface area contributed by atoms with Crippen molar-refractivity contribution in [3.05, 3.63) is 0 Å². The van der Waals surface area contributed by atoms with Crippen molar-refractivity contribution in [1.82, 2.24) is 0 Å². The summed E-state index contributed by atoms with van der Waals surface area (Å²) in [6.45, 7) is 6.47. The summed E-state index contributed by atoms with van der Waals surface area (Å²) >= 11 is 2.02. The predicted molar refractivity (Wildman–Crippen MR) is 179 cm³/mol. The van der Waals surface area contributed by atoms with E-state index in [-0.39, 0.29) is 6.61 Å². The van der Waals surface area contributed by atoms with E-state index >= 15 is 0 Å². The lowest BCUT2D eigenvalue weighted by molar-refractivity contribution is 0.0791. The number of hydrogen-bond acceptors (Lipinski definition) is 3. The van der Waals surface area contributed by atoms with Gasteiger partial charge in [-0.2, -0.15) is 11.8 Å². The van der Waals surface area contributed by atoms with Crippen LogP contribution in [0.1, 0.15) is 194 Å². The first-order valence-electron chi connectivity index (χ1n) is 18.1. The quantitative estimate of drug-likeness (QED) is 0.0768. The Bertz CT molecular complexity index is 381. The molecule has 0 rings (SSSR count). The summed E-state index contributed by atoms with van der Waals surface area (Å²) in [6.07, 6.45) is 39.5. The summed E-state index contributed by atoms with van der Waals surface area (Å²) < 4.78 is 5.90. The van der Waals surface area contributed by atoms with Gasteiger partial charge in [0.1, 0.15) is 0 Å². The number of hydrogen-bond donors (Lipinski definition) is 1. The van der Waals surface area contributed by atoms with Gasteiger partial charge in [-0.1, -0.05) is 181 Å². The minimum atomic E-state index is 0.268. The van der Waals surface area contributed by atoms with Crippen LogP contribution in [0, 0.1) is 5.92 Å². The molecule has 0 bridgehead atoms. The second-order valence-electron chi connectivity index (χ2n) is 12.4. The smallest absolute Gasteiger partial charge is 0.0524 e. The fraction of sp³-hybridized carbons (Fsp3) is 1.00. The summed E-state index contributed by atoms with van der Waals surface area (Å²) in [5, 5.41) is 9.68. The van der Waals surface area contributed by atoms with Crippen molar-refractivity contribution in [3.8, 4) is 0 Å². The highest BCUT2D eigenvalue weighted by atomic mass is 32.2. The topological polar surface area (TPSA) is 29.5 Å². The Hall–Kier alpha value is 0.270. The van der Waals surface area contributed by atoms with Crippen molar-refractivity contribution in [1.29, 1.82) is 0 Å². The van der Waals surface area contributed by atoms with E-state index in [1.807, 2.05) is 11.8 Å². The Balaban J connectivity index is 3.25. The third-order valence-corrected chi connectivity index (χ3v) is 9.53. The van der Waals surface area contributed by atoms with Crippen molar-refractivity contribution in [2.24, 2.45) is 5.92 Å². The molecule has 0 radical (unpaired) electrons. The van der Waals surface area contributed by atoms with Gasteiger partial charge in [-0.25, -0.2) is 0 Å². The van der Waals surface area contributed by atoms with Crippen LogP contribution in [0.5, 0.6) is 0 Å². The third-order valence-electron chi connectivity index (χ3n) is 8.25. The van der Waals surface area contributed by atoms with E-state index in [1.54, 1.807) is 0 Å². The summed E-state index contributed by atoms with van der Waals surface area (Å²) in [5.41, 5.74) is 0. The Morgan fingerprint density at radius 1 is 0.462 bits per heavy atom. The van der Waals surface area contributed by atoms with Gasteiger partial charge in [-0.15, -0.1) is 0 Å². The Labute approximate surface area is 252 Å². The molecule has 236 valence electrons. The van der Waals surface area contributed by atoms with Crippen LogP contribution in [-0.4, -0.2) is 36.4 Å². The number of rotatable bonds is 35. The van der Waals surface area contributed by atoms with Crippen LogP contribution >= 0.6 is 11.8 Å². The van der Waals surface area contributed by atoms with Gasteiger partial charge >= 0.3 is 0 Å². The molecule has 39 heavy (non-hydrogen) atoms. The highest BCUT2D eigenvalue weighted by Crippen LogP contribution is 2.16. The maximum absolute atomic E-state index is 9.68.